The van der Waals surface area contributed by atoms with Crippen LogP contribution >= 0.6 is 11.3 Å². The zero-order valence-electron chi connectivity index (χ0n) is 14.0. The van der Waals surface area contributed by atoms with E-state index in [1.165, 1.54) is 40.4 Å². The van der Waals surface area contributed by atoms with Gasteiger partial charge in [-0.2, -0.15) is 4.31 Å². The Labute approximate surface area is 155 Å². The van der Waals surface area contributed by atoms with E-state index in [-0.39, 0.29) is 10.5 Å². The molecule has 1 aliphatic rings. The van der Waals surface area contributed by atoms with E-state index >= 15 is 0 Å². The highest BCUT2D eigenvalue weighted by Gasteiger charge is 2.29. The molecule has 0 saturated heterocycles. The Bertz CT molecular complexity index is 952. The molecule has 1 atom stereocenters. The number of benzene rings is 1. The van der Waals surface area contributed by atoms with Gasteiger partial charge in [-0.05, 0) is 48.6 Å². The van der Waals surface area contributed by atoms with Gasteiger partial charge in [0.2, 0.25) is 10.0 Å². The van der Waals surface area contributed by atoms with Crippen LogP contribution in [0.1, 0.15) is 27.7 Å². The van der Waals surface area contributed by atoms with Crippen molar-refractivity contribution in [2.75, 3.05) is 6.54 Å². The van der Waals surface area contributed by atoms with Crippen molar-refractivity contribution < 1.29 is 23.1 Å². The largest absolute Gasteiger partial charge is 0.480 e. The highest BCUT2D eigenvalue weighted by atomic mass is 32.2. The number of nitrogens with one attached hydrogen (secondary N) is 1. The molecule has 3 rings (SSSR count). The molecular weight excluding hydrogens is 376 g/mol. The molecule has 1 aliphatic heterocycles. The van der Waals surface area contributed by atoms with Crippen molar-refractivity contribution in [3.05, 3.63) is 51.7 Å². The minimum absolute atomic E-state index is 0.0202. The van der Waals surface area contributed by atoms with E-state index in [9.17, 15) is 18.0 Å². The van der Waals surface area contributed by atoms with Gasteiger partial charge in [0.1, 0.15) is 6.04 Å². The zero-order chi connectivity index (χ0) is 18.9. The Kier molecular flexibility index (Phi) is 5.12. The molecule has 0 spiro atoms. The summed E-state index contributed by atoms with van der Waals surface area (Å²) in [6.07, 6.45) is 0.669. The van der Waals surface area contributed by atoms with E-state index in [1.54, 1.807) is 11.3 Å². The zero-order valence-corrected chi connectivity index (χ0v) is 15.6. The van der Waals surface area contributed by atoms with E-state index < -0.39 is 27.9 Å². The first-order valence-electron chi connectivity index (χ1n) is 7.98. The Morgan fingerprint density at radius 3 is 2.81 bits per heavy atom. The van der Waals surface area contributed by atoms with Crippen LogP contribution in [0.5, 0.6) is 0 Å². The standard InChI is InChI=1S/C17H18N2O5S2/c1-11(17(21)22)18-16(20)12-3-2-4-14(9-12)26(23,24)19-7-5-15-13(10-19)6-8-25-15/h2-4,6,8-9,11H,5,7,10H2,1H3,(H,18,20)(H,21,22). The van der Waals surface area contributed by atoms with Crippen molar-refractivity contribution in [3.63, 3.8) is 0 Å². The number of carbonyl (C=O) groups excluding carboxylic acids is 1. The van der Waals surface area contributed by atoms with E-state index in [0.29, 0.717) is 19.5 Å². The number of rotatable bonds is 5. The van der Waals surface area contributed by atoms with Gasteiger partial charge >= 0.3 is 5.97 Å². The molecule has 1 aromatic heterocycles. The van der Waals surface area contributed by atoms with Crippen molar-refractivity contribution in [1.29, 1.82) is 0 Å². The molecule has 2 heterocycles. The summed E-state index contributed by atoms with van der Waals surface area (Å²) in [7, 11) is -3.74. The Morgan fingerprint density at radius 2 is 2.08 bits per heavy atom. The first-order chi connectivity index (χ1) is 12.3. The number of carboxylic acids is 1. The van der Waals surface area contributed by atoms with Crippen LogP contribution in [0.3, 0.4) is 0 Å². The van der Waals surface area contributed by atoms with Gasteiger partial charge in [0.15, 0.2) is 0 Å². The number of hydrogen-bond acceptors (Lipinski definition) is 5. The molecule has 0 radical (unpaired) electrons. The summed E-state index contributed by atoms with van der Waals surface area (Å²) >= 11 is 1.63. The lowest BCUT2D eigenvalue weighted by Crippen LogP contribution is -2.38. The average Bonchev–Trinajstić information content (AvgIpc) is 3.09. The number of carboxylic acid groups (broad SMARTS) is 1. The molecule has 2 aromatic rings. The normalized spacial score (nSPS) is 15.9. The van der Waals surface area contributed by atoms with Gasteiger partial charge < -0.3 is 10.4 Å². The summed E-state index contributed by atoms with van der Waals surface area (Å²) in [5.74, 6) is -1.79. The average molecular weight is 394 g/mol. The van der Waals surface area contributed by atoms with Gasteiger partial charge in [0.05, 0.1) is 4.90 Å². The third-order valence-electron chi connectivity index (χ3n) is 4.22. The van der Waals surface area contributed by atoms with Crippen molar-refractivity contribution in [2.45, 2.75) is 30.8 Å². The first kappa shape index (κ1) is 18.6. The third-order valence-corrected chi connectivity index (χ3v) is 7.09. The predicted octanol–water partition coefficient (Wildman–Crippen LogP) is 1.70. The van der Waals surface area contributed by atoms with Crippen molar-refractivity contribution in [2.24, 2.45) is 0 Å². The maximum atomic E-state index is 12.9. The lowest BCUT2D eigenvalue weighted by molar-refractivity contribution is -0.138. The minimum atomic E-state index is -3.74. The van der Waals surface area contributed by atoms with E-state index in [2.05, 4.69) is 5.32 Å². The van der Waals surface area contributed by atoms with Crippen LogP contribution in [0.15, 0.2) is 40.6 Å². The molecule has 7 nitrogen and oxygen atoms in total. The molecule has 1 amide bonds. The molecule has 0 bridgehead atoms. The number of sulfonamides is 1. The number of thiophene rings is 1. The lowest BCUT2D eigenvalue weighted by Gasteiger charge is -2.26. The molecule has 0 saturated carbocycles. The summed E-state index contributed by atoms with van der Waals surface area (Å²) in [5.41, 5.74) is 1.11. The number of nitrogens with zero attached hydrogens (tertiary/aromatic N) is 1. The summed E-state index contributed by atoms with van der Waals surface area (Å²) in [6, 6.07) is 6.52. The van der Waals surface area contributed by atoms with Crippen LogP contribution in [0.25, 0.3) is 0 Å². The fourth-order valence-corrected chi connectivity index (χ4v) is 5.07. The van der Waals surface area contributed by atoms with Crippen molar-refractivity contribution in [3.8, 4) is 0 Å². The molecule has 9 heteroatoms. The van der Waals surface area contributed by atoms with Gasteiger partial charge in [-0.15, -0.1) is 11.3 Å². The maximum Gasteiger partial charge on any atom is 0.325 e. The predicted molar refractivity (Wildman–Crippen MR) is 96.6 cm³/mol. The number of fused-ring (bicyclic) bond motifs is 1. The second kappa shape index (κ2) is 7.18. The van der Waals surface area contributed by atoms with Crippen molar-refractivity contribution in [1.82, 2.24) is 9.62 Å². The molecular formula is C17H18N2O5S2. The van der Waals surface area contributed by atoms with Crippen LogP contribution in [-0.2, 0) is 27.8 Å². The number of aliphatic carboxylic acids is 1. The highest BCUT2D eigenvalue weighted by Crippen LogP contribution is 2.28. The Morgan fingerprint density at radius 1 is 1.31 bits per heavy atom. The fraction of sp³-hybridized carbons (Fsp3) is 0.294. The van der Waals surface area contributed by atoms with E-state index in [4.69, 9.17) is 5.11 Å². The second-order valence-corrected chi connectivity index (χ2v) is 8.96. The van der Waals surface area contributed by atoms with Crippen LogP contribution in [-0.4, -0.2) is 42.3 Å². The molecule has 1 unspecified atom stereocenters. The van der Waals surface area contributed by atoms with Crippen LogP contribution < -0.4 is 5.32 Å². The second-order valence-electron chi connectivity index (χ2n) is 6.02. The minimum Gasteiger partial charge on any atom is -0.480 e. The number of amides is 1. The summed E-state index contributed by atoms with van der Waals surface area (Å²) in [6.45, 7) is 2.04. The maximum absolute atomic E-state index is 12.9. The third kappa shape index (κ3) is 3.64. The molecule has 2 N–H and O–H groups in total. The van der Waals surface area contributed by atoms with Gasteiger partial charge in [-0.25, -0.2) is 8.42 Å². The molecule has 26 heavy (non-hydrogen) atoms. The van der Waals surface area contributed by atoms with Gasteiger partial charge in [0, 0.05) is 23.5 Å². The topological polar surface area (TPSA) is 104 Å². The van der Waals surface area contributed by atoms with Crippen molar-refractivity contribution >= 4 is 33.2 Å². The lowest BCUT2D eigenvalue weighted by atomic mass is 10.1. The monoisotopic (exact) mass is 394 g/mol. The quantitative estimate of drug-likeness (QED) is 0.803. The summed E-state index contributed by atoms with van der Waals surface area (Å²) < 4.78 is 27.3. The van der Waals surface area contributed by atoms with Crippen LogP contribution in [0.2, 0.25) is 0 Å². The van der Waals surface area contributed by atoms with Crippen LogP contribution in [0.4, 0.5) is 0 Å². The van der Waals surface area contributed by atoms with Gasteiger partial charge in [-0.1, -0.05) is 6.07 Å². The van der Waals surface area contributed by atoms with Gasteiger partial charge in [0.25, 0.3) is 5.91 Å². The molecule has 138 valence electrons. The molecule has 0 fully saturated rings. The first-order valence-corrected chi connectivity index (χ1v) is 10.3. The van der Waals surface area contributed by atoms with E-state index in [0.717, 1.165) is 5.56 Å². The smallest absolute Gasteiger partial charge is 0.325 e. The molecule has 0 aliphatic carbocycles. The molecule has 1 aromatic carbocycles. The van der Waals surface area contributed by atoms with Gasteiger partial charge in [-0.3, -0.25) is 9.59 Å². The van der Waals surface area contributed by atoms with Crippen LogP contribution in [0, 0.1) is 0 Å². The van der Waals surface area contributed by atoms with E-state index in [1.807, 2.05) is 11.4 Å². The summed E-state index contributed by atoms with van der Waals surface area (Å²) in [5, 5.41) is 13.1. The Hall–Kier alpha value is -2.23. The number of hydrogen-bond donors (Lipinski definition) is 2. The summed E-state index contributed by atoms with van der Waals surface area (Å²) in [4.78, 5) is 24.2. The highest BCUT2D eigenvalue weighted by molar-refractivity contribution is 7.89. The fourth-order valence-electron chi connectivity index (χ4n) is 2.72. The SMILES string of the molecule is CC(NC(=O)c1cccc(S(=O)(=O)N2CCc3sccc3C2)c1)C(=O)O. The number of carbonyl (C=O) groups is 2. The Balaban J connectivity index is 1.83.